The number of hydrogen-bond acceptors (Lipinski definition) is 5. The highest BCUT2D eigenvalue weighted by Crippen LogP contribution is 2.20. The molecule has 7 heteroatoms. The van der Waals surface area contributed by atoms with E-state index in [1.165, 1.54) is 0 Å². The molecule has 17 heavy (non-hydrogen) atoms. The smallest absolute Gasteiger partial charge is 0.261 e. The minimum absolute atomic E-state index is 0.187. The van der Waals surface area contributed by atoms with Crippen molar-refractivity contribution in [3.05, 3.63) is 11.7 Å². The first kappa shape index (κ1) is 12.4. The molecule has 1 aromatic rings. The van der Waals surface area contributed by atoms with Gasteiger partial charge in [-0.2, -0.15) is 4.98 Å². The van der Waals surface area contributed by atoms with Gasteiger partial charge in [0.1, 0.15) is 6.61 Å². The number of nitrogens with one attached hydrogen (secondary N) is 1. The second-order valence-electron chi connectivity index (χ2n) is 3.95. The van der Waals surface area contributed by atoms with Gasteiger partial charge in [-0.05, 0) is 13.0 Å². The van der Waals surface area contributed by atoms with Crippen LogP contribution in [0.3, 0.4) is 0 Å². The number of nitrogens with zero attached hydrogens (tertiary/aromatic N) is 2. The van der Waals surface area contributed by atoms with Crippen LogP contribution < -0.4 is 5.32 Å². The maximum Gasteiger partial charge on any atom is 0.261 e. The van der Waals surface area contributed by atoms with Crippen LogP contribution in [0.1, 0.15) is 24.1 Å². The molecule has 2 rings (SSSR count). The average molecular weight is 247 g/mol. The van der Waals surface area contributed by atoms with Crippen molar-refractivity contribution < 1.29 is 18.0 Å². The first-order valence-corrected chi connectivity index (χ1v) is 5.65. The van der Waals surface area contributed by atoms with Crippen molar-refractivity contribution in [1.82, 2.24) is 15.5 Å². The Bertz CT molecular complexity index is 340. The minimum atomic E-state index is -2.43. The third-order valence-electron chi connectivity index (χ3n) is 2.61. The molecule has 1 atom stereocenters. The summed E-state index contributed by atoms with van der Waals surface area (Å²) < 4.78 is 33.4. The molecule has 1 fully saturated rings. The van der Waals surface area contributed by atoms with E-state index in [1.807, 2.05) is 0 Å². The van der Waals surface area contributed by atoms with Gasteiger partial charge in [0.05, 0.1) is 12.5 Å². The first-order valence-electron chi connectivity index (χ1n) is 5.65. The van der Waals surface area contributed by atoms with Crippen molar-refractivity contribution in [2.45, 2.75) is 25.2 Å². The van der Waals surface area contributed by atoms with Gasteiger partial charge in [0, 0.05) is 13.0 Å². The Kier molecular flexibility index (Phi) is 4.38. The number of aromatic nitrogens is 2. The van der Waals surface area contributed by atoms with E-state index in [9.17, 15) is 8.78 Å². The predicted molar refractivity (Wildman–Crippen MR) is 55.1 cm³/mol. The van der Waals surface area contributed by atoms with E-state index in [2.05, 4.69) is 15.5 Å². The van der Waals surface area contributed by atoms with Gasteiger partial charge in [-0.15, -0.1) is 0 Å². The molecule has 96 valence electrons. The van der Waals surface area contributed by atoms with Crippen LogP contribution in [0.2, 0.25) is 0 Å². The maximum absolute atomic E-state index is 11.8. The second-order valence-corrected chi connectivity index (χ2v) is 3.95. The summed E-state index contributed by atoms with van der Waals surface area (Å²) in [5.41, 5.74) is 0. The van der Waals surface area contributed by atoms with E-state index in [0.717, 1.165) is 19.5 Å². The lowest BCUT2D eigenvalue weighted by atomic mass is 10.1. The Morgan fingerprint density at radius 2 is 2.41 bits per heavy atom. The highest BCUT2D eigenvalue weighted by atomic mass is 19.3. The second kappa shape index (κ2) is 6.02. The monoisotopic (exact) mass is 247 g/mol. The fourth-order valence-corrected chi connectivity index (χ4v) is 1.74. The third kappa shape index (κ3) is 3.71. The van der Waals surface area contributed by atoms with E-state index >= 15 is 0 Å². The summed E-state index contributed by atoms with van der Waals surface area (Å²) in [6, 6.07) is 0. The van der Waals surface area contributed by atoms with E-state index in [0.29, 0.717) is 18.1 Å². The summed E-state index contributed by atoms with van der Waals surface area (Å²) in [5.74, 6) is 1.42. The molecule has 1 aliphatic heterocycles. The van der Waals surface area contributed by atoms with E-state index in [-0.39, 0.29) is 12.5 Å². The van der Waals surface area contributed by atoms with Crippen molar-refractivity contribution in [3.63, 3.8) is 0 Å². The predicted octanol–water partition coefficient (Wildman–Crippen LogP) is 0.971. The minimum Gasteiger partial charge on any atom is -0.375 e. The highest BCUT2D eigenvalue weighted by molar-refractivity contribution is 4.98. The van der Waals surface area contributed by atoms with Crippen molar-refractivity contribution in [2.75, 3.05) is 26.3 Å². The molecule has 1 saturated heterocycles. The topological polar surface area (TPSA) is 60.2 Å². The van der Waals surface area contributed by atoms with E-state index in [4.69, 9.17) is 9.26 Å². The molecular weight excluding hydrogens is 232 g/mol. The number of hydrogen-bond donors (Lipinski definition) is 1. The van der Waals surface area contributed by atoms with Crippen LogP contribution in [0.25, 0.3) is 0 Å². The maximum atomic E-state index is 11.8. The van der Waals surface area contributed by atoms with Crippen LogP contribution >= 0.6 is 0 Å². The molecule has 1 N–H and O–H groups in total. The van der Waals surface area contributed by atoms with Crippen LogP contribution in [-0.4, -0.2) is 42.9 Å². The summed E-state index contributed by atoms with van der Waals surface area (Å²) in [6.45, 7) is 1.45. The quantitative estimate of drug-likeness (QED) is 0.759. The highest BCUT2D eigenvalue weighted by Gasteiger charge is 2.22. The molecule has 0 aromatic carbocycles. The fourth-order valence-electron chi connectivity index (χ4n) is 1.74. The molecule has 0 saturated carbocycles. The van der Waals surface area contributed by atoms with Gasteiger partial charge in [0.15, 0.2) is 5.82 Å². The Morgan fingerprint density at radius 1 is 1.53 bits per heavy atom. The summed E-state index contributed by atoms with van der Waals surface area (Å²) in [6.07, 6.45) is -1.04. The van der Waals surface area contributed by atoms with Crippen molar-refractivity contribution >= 4 is 0 Å². The molecular formula is C10H15F2N3O2. The van der Waals surface area contributed by atoms with Gasteiger partial charge in [0.2, 0.25) is 5.89 Å². The molecule has 0 spiro atoms. The van der Waals surface area contributed by atoms with Gasteiger partial charge in [-0.25, -0.2) is 8.78 Å². The van der Waals surface area contributed by atoms with Gasteiger partial charge in [-0.1, -0.05) is 5.16 Å². The Balaban J connectivity index is 1.74. The summed E-state index contributed by atoms with van der Waals surface area (Å²) in [7, 11) is 0. The van der Waals surface area contributed by atoms with Crippen LogP contribution in [0.15, 0.2) is 4.52 Å². The average Bonchev–Trinajstić information content (AvgIpc) is 2.94. The van der Waals surface area contributed by atoms with Crippen LogP contribution in [0.5, 0.6) is 0 Å². The lowest BCUT2D eigenvalue weighted by Gasteiger charge is -2.00. The number of alkyl halides is 2. The molecule has 0 bridgehead atoms. The molecule has 5 nitrogen and oxygen atoms in total. The molecule has 0 radical (unpaired) electrons. The summed E-state index contributed by atoms with van der Waals surface area (Å²) in [5, 5.41) is 7.01. The summed E-state index contributed by atoms with van der Waals surface area (Å²) in [4.78, 5) is 4.22. The Hall–Kier alpha value is -1.08. The van der Waals surface area contributed by atoms with Crippen LogP contribution in [0, 0.1) is 0 Å². The van der Waals surface area contributed by atoms with Gasteiger partial charge >= 0.3 is 0 Å². The number of ether oxygens (including phenoxy) is 1. The molecule has 2 heterocycles. The number of rotatable bonds is 6. The van der Waals surface area contributed by atoms with Crippen molar-refractivity contribution in [1.29, 1.82) is 0 Å². The molecule has 1 aromatic heterocycles. The summed E-state index contributed by atoms with van der Waals surface area (Å²) >= 11 is 0. The Labute approximate surface area is 97.5 Å². The zero-order valence-corrected chi connectivity index (χ0v) is 9.36. The standard InChI is InChI=1S/C10H15F2N3O2/c11-8(12)6-16-4-2-9-14-10(17-15-9)7-1-3-13-5-7/h7-8,13H,1-6H2. The first-order chi connectivity index (χ1) is 8.25. The fraction of sp³-hybridized carbons (Fsp3) is 0.800. The van der Waals surface area contributed by atoms with Crippen molar-refractivity contribution in [3.8, 4) is 0 Å². The lowest BCUT2D eigenvalue weighted by molar-refractivity contribution is 0.0182. The van der Waals surface area contributed by atoms with Crippen molar-refractivity contribution in [2.24, 2.45) is 0 Å². The van der Waals surface area contributed by atoms with Gasteiger partial charge in [0.25, 0.3) is 6.43 Å². The third-order valence-corrected chi connectivity index (χ3v) is 2.61. The van der Waals surface area contributed by atoms with Crippen LogP contribution in [0.4, 0.5) is 8.78 Å². The zero-order chi connectivity index (χ0) is 12.1. The van der Waals surface area contributed by atoms with Gasteiger partial charge < -0.3 is 14.6 Å². The van der Waals surface area contributed by atoms with Crippen LogP contribution in [-0.2, 0) is 11.2 Å². The lowest BCUT2D eigenvalue weighted by Crippen LogP contribution is -2.09. The SMILES string of the molecule is FC(F)COCCc1noc(C2CCNC2)n1. The molecule has 1 aliphatic rings. The van der Waals surface area contributed by atoms with E-state index < -0.39 is 13.0 Å². The normalized spacial score (nSPS) is 20.3. The largest absolute Gasteiger partial charge is 0.375 e. The molecule has 0 aliphatic carbocycles. The molecule has 0 amide bonds. The number of halogens is 2. The Morgan fingerprint density at radius 3 is 3.12 bits per heavy atom. The molecule has 1 unspecified atom stereocenters. The zero-order valence-electron chi connectivity index (χ0n) is 9.36. The van der Waals surface area contributed by atoms with E-state index in [1.54, 1.807) is 0 Å². The van der Waals surface area contributed by atoms with Gasteiger partial charge in [-0.3, -0.25) is 0 Å².